The molecule has 0 radical (unpaired) electrons. The summed E-state index contributed by atoms with van der Waals surface area (Å²) in [7, 11) is 1.24. The molecule has 7 heteroatoms. The van der Waals surface area contributed by atoms with Crippen molar-refractivity contribution >= 4 is 35.1 Å². The topological polar surface area (TPSA) is 84.5 Å². The van der Waals surface area contributed by atoms with Gasteiger partial charge in [0.1, 0.15) is 0 Å². The summed E-state index contributed by atoms with van der Waals surface area (Å²) in [6.45, 7) is 1.77. The first-order valence-electron chi connectivity index (χ1n) is 7.47. The molecule has 2 aromatic rings. The molecule has 0 fully saturated rings. The number of carbonyl (C=O) groups is 3. The Bertz CT molecular complexity index is 793. The number of halogens is 1. The molecule has 0 spiro atoms. The average Bonchev–Trinajstić information content (AvgIpc) is 2.63. The quantitative estimate of drug-likeness (QED) is 0.648. The number of hydrogen-bond acceptors (Lipinski definition) is 4. The maximum atomic E-state index is 12.1. The van der Waals surface area contributed by atoms with E-state index >= 15 is 0 Å². The number of amides is 2. The first-order chi connectivity index (χ1) is 11.9. The van der Waals surface area contributed by atoms with Crippen LogP contribution in [0.1, 0.15) is 28.9 Å². The van der Waals surface area contributed by atoms with E-state index in [0.29, 0.717) is 0 Å². The second kappa shape index (κ2) is 8.30. The molecular formula is C18H17ClN2O4. The van der Waals surface area contributed by atoms with Crippen LogP contribution in [0.25, 0.3) is 0 Å². The fourth-order valence-electron chi connectivity index (χ4n) is 2.13. The normalized spacial score (nSPS) is 11.3. The molecule has 2 N–H and O–H groups in total. The van der Waals surface area contributed by atoms with E-state index in [1.165, 1.54) is 25.3 Å². The summed E-state index contributed by atoms with van der Waals surface area (Å²) in [4.78, 5) is 35.7. The van der Waals surface area contributed by atoms with Gasteiger partial charge >= 0.3 is 17.8 Å². The van der Waals surface area contributed by atoms with Gasteiger partial charge in [0.05, 0.1) is 29.4 Å². The third kappa shape index (κ3) is 4.81. The minimum Gasteiger partial charge on any atom is -0.465 e. The van der Waals surface area contributed by atoms with E-state index in [0.717, 1.165) is 5.56 Å². The molecule has 0 aliphatic rings. The largest absolute Gasteiger partial charge is 0.465 e. The summed E-state index contributed by atoms with van der Waals surface area (Å²) in [5, 5.41) is 5.19. The predicted molar refractivity (Wildman–Crippen MR) is 94.4 cm³/mol. The Morgan fingerprint density at radius 2 is 1.72 bits per heavy atom. The highest BCUT2D eigenvalue weighted by molar-refractivity contribution is 6.41. The van der Waals surface area contributed by atoms with Crippen LogP contribution in [0.15, 0.2) is 48.5 Å². The van der Waals surface area contributed by atoms with Crippen LogP contribution in [0.5, 0.6) is 0 Å². The van der Waals surface area contributed by atoms with Crippen LogP contribution >= 0.6 is 11.6 Å². The highest BCUT2D eigenvalue weighted by atomic mass is 35.5. The van der Waals surface area contributed by atoms with Crippen molar-refractivity contribution in [3.63, 3.8) is 0 Å². The molecule has 0 heterocycles. The van der Waals surface area contributed by atoms with Crippen molar-refractivity contribution < 1.29 is 19.1 Å². The molecular weight excluding hydrogens is 344 g/mol. The average molecular weight is 361 g/mol. The predicted octanol–water partition coefficient (Wildman–Crippen LogP) is 2.94. The number of benzene rings is 2. The number of nitrogens with one attached hydrogen (secondary N) is 2. The van der Waals surface area contributed by atoms with E-state index in [-0.39, 0.29) is 22.3 Å². The monoisotopic (exact) mass is 360 g/mol. The minimum atomic E-state index is -0.883. The van der Waals surface area contributed by atoms with Gasteiger partial charge in [-0.15, -0.1) is 0 Å². The van der Waals surface area contributed by atoms with Gasteiger partial charge in [0, 0.05) is 0 Å². The lowest BCUT2D eigenvalue weighted by Crippen LogP contribution is -2.37. The number of esters is 1. The van der Waals surface area contributed by atoms with Gasteiger partial charge in [0.25, 0.3) is 0 Å². The highest BCUT2D eigenvalue weighted by Gasteiger charge is 2.19. The summed E-state index contributed by atoms with van der Waals surface area (Å²) in [5.74, 6) is -2.27. The fraction of sp³-hybridized carbons (Fsp3) is 0.167. The first kappa shape index (κ1) is 18.5. The van der Waals surface area contributed by atoms with Gasteiger partial charge in [-0.2, -0.15) is 0 Å². The second-order valence-electron chi connectivity index (χ2n) is 5.25. The molecule has 1 atom stereocenters. The van der Waals surface area contributed by atoms with Crippen molar-refractivity contribution in [3.05, 3.63) is 64.7 Å². The van der Waals surface area contributed by atoms with Gasteiger partial charge in [-0.1, -0.05) is 41.9 Å². The molecule has 2 amide bonds. The molecule has 2 aromatic carbocycles. The van der Waals surface area contributed by atoms with Crippen molar-refractivity contribution in [3.8, 4) is 0 Å². The summed E-state index contributed by atoms with van der Waals surface area (Å²) in [5.41, 5.74) is 1.23. The van der Waals surface area contributed by atoms with Crippen LogP contribution in [-0.2, 0) is 14.3 Å². The van der Waals surface area contributed by atoms with Gasteiger partial charge in [-0.05, 0) is 30.7 Å². The second-order valence-corrected chi connectivity index (χ2v) is 5.65. The Hall–Kier alpha value is -2.86. The maximum Gasteiger partial charge on any atom is 0.337 e. The van der Waals surface area contributed by atoms with Crippen molar-refractivity contribution in [2.75, 3.05) is 12.4 Å². The lowest BCUT2D eigenvalue weighted by Gasteiger charge is -2.14. The molecule has 1 unspecified atom stereocenters. The molecule has 2 rings (SSSR count). The Kier molecular flexibility index (Phi) is 6.14. The maximum absolute atomic E-state index is 12.1. The van der Waals surface area contributed by atoms with Crippen molar-refractivity contribution in [1.82, 2.24) is 5.32 Å². The van der Waals surface area contributed by atoms with Gasteiger partial charge in [-0.3, -0.25) is 9.59 Å². The van der Waals surface area contributed by atoms with Crippen LogP contribution in [0.2, 0.25) is 5.02 Å². The van der Waals surface area contributed by atoms with Crippen LogP contribution in [-0.4, -0.2) is 24.9 Å². The molecule has 0 aliphatic heterocycles. The van der Waals surface area contributed by atoms with Gasteiger partial charge in [-0.25, -0.2) is 4.79 Å². The van der Waals surface area contributed by atoms with Crippen LogP contribution in [0, 0.1) is 0 Å². The third-order valence-electron chi connectivity index (χ3n) is 3.49. The summed E-state index contributed by atoms with van der Waals surface area (Å²) < 4.78 is 4.61. The lowest BCUT2D eigenvalue weighted by atomic mass is 10.1. The van der Waals surface area contributed by atoms with Crippen molar-refractivity contribution in [1.29, 1.82) is 0 Å². The smallest absolute Gasteiger partial charge is 0.337 e. The standard InChI is InChI=1S/C18H17ClN2O4/c1-11(12-6-4-3-5-7-12)20-16(22)17(23)21-15-10-13(18(24)25-2)8-9-14(15)19/h3-11H,1-2H3,(H,20,22)(H,21,23). The van der Waals surface area contributed by atoms with E-state index < -0.39 is 17.8 Å². The third-order valence-corrected chi connectivity index (χ3v) is 3.82. The number of methoxy groups -OCH3 is 1. The Morgan fingerprint density at radius 1 is 1.04 bits per heavy atom. The van der Waals surface area contributed by atoms with E-state index in [9.17, 15) is 14.4 Å². The first-order valence-corrected chi connectivity index (χ1v) is 7.85. The SMILES string of the molecule is COC(=O)c1ccc(Cl)c(NC(=O)C(=O)NC(C)c2ccccc2)c1. The number of rotatable bonds is 4. The van der Waals surface area contributed by atoms with Gasteiger partial charge in [0.2, 0.25) is 0 Å². The van der Waals surface area contributed by atoms with Gasteiger partial charge < -0.3 is 15.4 Å². The molecule has 130 valence electrons. The minimum absolute atomic E-state index is 0.150. The molecule has 0 bridgehead atoms. The van der Waals surface area contributed by atoms with Crippen LogP contribution in [0.4, 0.5) is 5.69 Å². The number of ether oxygens (including phenoxy) is 1. The number of anilines is 1. The van der Waals surface area contributed by atoms with E-state index in [2.05, 4.69) is 15.4 Å². The summed E-state index contributed by atoms with van der Waals surface area (Å²) in [6, 6.07) is 13.2. The lowest BCUT2D eigenvalue weighted by molar-refractivity contribution is -0.136. The Morgan fingerprint density at radius 3 is 2.36 bits per heavy atom. The van der Waals surface area contributed by atoms with Crippen molar-refractivity contribution in [2.24, 2.45) is 0 Å². The van der Waals surface area contributed by atoms with E-state index in [4.69, 9.17) is 11.6 Å². The molecule has 25 heavy (non-hydrogen) atoms. The fourth-order valence-corrected chi connectivity index (χ4v) is 2.30. The van der Waals surface area contributed by atoms with E-state index in [1.807, 2.05) is 30.3 Å². The Balaban J connectivity index is 2.06. The summed E-state index contributed by atoms with van der Waals surface area (Å²) in [6.07, 6.45) is 0. The molecule has 0 aliphatic carbocycles. The number of carbonyl (C=O) groups excluding carboxylic acids is 3. The highest BCUT2D eigenvalue weighted by Crippen LogP contribution is 2.23. The zero-order valence-corrected chi connectivity index (χ0v) is 14.5. The zero-order valence-electron chi connectivity index (χ0n) is 13.7. The number of hydrogen-bond donors (Lipinski definition) is 2. The van der Waals surface area contributed by atoms with Crippen molar-refractivity contribution in [2.45, 2.75) is 13.0 Å². The van der Waals surface area contributed by atoms with Gasteiger partial charge in [0.15, 0.2) is 0 Å². The summed E-state index contributed by atoms with van der Waals surface area (Å²) >= 11 is 6.00. The Labute approximate surface area is 150 Å². The van der Waals surface area contributed by atoms with Crippen LogP contribution < -0.4 is 10.6 Å². The molecule has 6 nitrogen and oxygen atoms in total. The molecule has 0 saturated heterocycles. The van der Waals surface area contributed by atoms with E-state index in [1.54, 1.807) is 6.92 Å². The molecule has 0 saturated carbocycles. The molecule has 0 aromatic heterocycles. The zero-order chi connectivity index (χ0) is 18.4. The van der Waals surface area contributed by atoms with Crippen LogP contribution in [0.3, 0.4) is 0 Å².